The van der Waals surface area contributed by atoms with Crippen molar-refractivity contribution in [2.45, 2.75) is 39.2 Å². The highest BCUT2D eigenvalue weighted by Crippen LogP contribution is 2.17. The molecule has 5 heteroatoms. The van der Waals surface area contributed by atoms with E-state index in [1.165, 1.54) is 31.5 Å². The van der Waals surface area contributed by atoms with Gasteiger partial charge < -0.3 is 15.4 Å². The lowest BCUT2D eigenvalue weighted by molar-refractivity contribution is 0.139. The molecule has 0 saturated carbocycles. The van der Waals surface area contributed by atoms with Crippen molar-refractivity contribution in [3.63, 3.8) is 0 Å². The van der Waals surface area contributed by atoms with Gasteiger partial charge in [-0.1, -0.05) is 19.1 Å². The van der Waals surface area contributed by atoms with E-state index >= 15 is 0 Å². The summed E-state index contributed by atoms with van der Waals surface area (Å²) in [6, 6.07) is 8.75. The minimum absolute atomic E-state index is 0.530. The number of hydrogen-bond acceptors (Lipinski definition) is 3. The van der Waals surface area contributed by atoms with E-state index in [0.29, 0.717) is 6.04 Å². The first-order chi connectivity index (χ1) is 12.1. The maximum Gasteiger partial charge on any atom is 0.191 e. The Labute approximate surface area is 152 Å². The number of piperidine rings is 1. The zero-order valence-electron chi connectivity index (χ0n) is 16.2. The lowest BCUT2D eigenvalue weighted by Crippen LogP contribution is -2.48. The molecule has 0 aliphatic carbocycles. The highest BCUT2D eigenvalue weighted by Gasteiger charge is 2.20. The Balaban J connectivity index is 1.69. The Morgan fingerprint density at radius 2 is 2.08 bits per heavy atom. The zero-order chi connectivity index (χ0) is 18.1. The monoisotopic (exact) mass is 346 g/mol. The summed E-state index contributed by atoms with van der Waals surface area (Å²) in [5.41, 5.74) is 1.29. The van der Waals surface area contributed by atoms with E-state index in [1.54, 1.807) is 7.11 Å². The van der Waals surface area contributed by atoms with Crippen LogP contribution in [0.2, 0.25) is 0 Å². The summed E-state index contributed by atoms with van der Waals surface area (Å²) < 4.78 is 5.19. The number of nitrogens with one attached hydrogen (secondary N) is 2. The highest BCUT2D eigenvalue weighted by molar-refractivity contribution is 5.79. The van der Waals surface area contributed by atoms with Crippen LogP contribution in [0.1, 0.15) is 32.3 Å². The minimum Gasteiger partial charge on any atom is -0.497 e. The molecule has 1 aliphatic rings. The van der Waals surface area contributed by atoms with E-state index in [1.807, 2.05) is 19.2 Å². The lowest BCUT2D eigenvalue weighted by Gasteiger charge is -2.35. The van der Waals surface area contributed by atoms with Gasteiger partial charge in [-0.3, -0.25) is 9.89 Å². The lowest BCUT2D eigenvalue weighted by atomic mass is 9.99. The van der Waals surface area contributed by atoms with Crippen LogP contribution < -0.4 is 15.4 Å². The average molecular weight is 347 g/mol. The van der Waals surface area contributed by atoms with Crippen LogP contribution in [-0.4, -0.2) is 57.2 Å². The van der Waals surface area contributed by atoms with Crippen LogP contribution in [0.5, 0.6) is 5.75 Å². The Bertz CT molecular complexity index is 529. The molecule has 25 heavy (non-hydrogen) atoms. The van der Waals surface area contributed by atoms with E-state index in [-0.39, 0.29) is 0 Å². The first-order valence-corrected chi connectivity index (χ1v) is 9.44. The molecule has 1 aromatic carbocycles. The molecular weight excluding hydrogens is 312 g/mol. The second-order valence-corrected chi connectivity index (χ2v) is 7.07. The number of nitrogens with zero attached hydrogens (tertiary/aromatic N) is 2. The second kappa shape index (κ2) is 10.3. The van der Waals surface area contributed by atoms with Gasteiger partial charge in [0.15, 0.2) is 5.96 Å². The fourth-order valence-electron chi connectivity index (χ4n) is 3.34. The van der Waals surface area contributed by atoms with Gasteiger partial charge in [-0.2, -0.15) is 0 Å². The molecule has 0 spiro atoms. The Hall–Kier alpha value is -1.75. The van der Waals surface area contributed by atoms with Gasteiger partial charge in [-0.25, -0.2) is 0 Å². The summed E-state index contributed by atoms with van der Waals surface area (Å²) in [7, 11) is 3.52. The Kier molecular flexibility index (Phi) is 8.06. The molecule has 5 nitrogen and oxygen atoms in total. The molecule has 0 amide bonds. The number of methoxy groups -OCH3 is 1. The quantitative estimate of drug-likeness (QED) is 0.588. The molecule has 1 heterocycles. The van der Waals surface area contributed by atoms with Gasteiger partial charge >= 0.3 is 0 Å². The number of aliphatic imine (C=N–C) groups is 1. The van der Waals surface area contributed by atoms with E-state index in [9.17, 15) is 0 Å². The largest absolute Gasteiger partial charge is 0.497 e. The third kappa shape index (κ3) is 6.58. The van der Waals surface area contributed by atoms with Crippen LogP contribution in [0.4, 0.5) is 0 Å². The van der Waals surface area contributed by atoms with E-state index in [2.05, 4.69) is 46.5 Å². The smallest absolute Gasteiger partial charge is 0.191 e. The number of likely N-dealkylation sites (tertiary alicyclic amines) is 1. The fraction of sp³-hybridized carbons (Fsp3) is 0.650. The van der Waals surface area contributed by atoms with Gasteiger partial charge in [-0.15, -0.1) is 0 Å². The maximum atomic E-state index is 5.19. The first kappa shape index (κ1) is 19.6. The first-order valence-electron chi connectivity index (χ1n) is 9.44. The molecule has 2 atom stereocenters. The van der Waals surface area contributed by atoms with Crippen molar-refractivity contribution in [3.8, 4) is 5.75 Å². The molecule has 1 fully saturated rings. The van der Waals surface area contributed by atoms with Gasteiger partial charge in [0, 0.05) is 32.7 Å². The van der Waals surface area contributed by atoms with Gasteiger partial charge in [0.25, 0.3) is 0 Å². The predicted octanol–water partition coefficient (Wildman–Crippen LogP) is 2.52. The minimum atomic E-state index is 0.530. The summed E-state index contributed by atoms with van der Waals surface area (Å²) in [5.74, 6) is 2.60. The van der Waals surface area contributed by atoms with Gasteiger partial charge in [0.05, 0.1) is 7.11 Å². The molecule has 2 N–H and O–H groups in total. The highest BCUT2D eigenvalue weighted by atomic mass is 16.5. The van der Waals surface area contributed by atoms with Crippen molar-refractivity contribution < 1.29 is 4.74 Å². The van der Waals surface area contributed by atoms with Crippen molar-refractivity contribution in [1.29, 1.82) is 0 Å². The number of ether oxygens (including phenoxy) is 1. The topological polar surface area (TPSA) is 48.9 Å². The number of benzene rings is 1. The summed E-state index contributed by atoms with van der Waals surface area (Å²) in [6.45, 7) is 8.88. The van der Waals surface area contributed by atoms with Crippen molar-refractivity contribution in [2.75, 3.05) is 40.3 Å². The van der Waals surface area contributed by atoms with Crippen molar-refractivity contribution >= 4 is 5.96 Å². The Morgan fingerprint density at radius 3 is 2.72 bits per heavy atom. The molecular formula is C20H34N4O. The van der Waals surface area contributed by atoms with Crippen LogP contribution in [-0.2, 0) is 6.42 Å². The second-order valence-electron chi connectivity index (χ2n) is 7.07. The Morgan fingerprint density at radius 1 is 1.32 bits per heavy atom. The number of hydrogen-bond donors (Lipinski definition) is 2. The van der Waals surface area contributed by atoms with E-state index in [0.717, 1.165) is 37.1 Å². The fourth-order valence-corrected chi connectivity index (χ4v) is 3.34. The maximum absolute atomic E-state index is 5.19. The average Bonchev–Trinajstić information content (AvgIpc) is 2.64. The molecule has 1 saturated heterocycles. The van der Waals surface area contributed by atoms with Crippen LogP contribution in [0.15, 0.2) is 29.3 Å². The van der Waals surface area contributed by atoms with Crippen LogP contribution in [0.25, 0.3) is 0 Å². The van der Waals surface area contributed by atoms with E-state index < -0.39 is 0 Å². The number of rotatable bonds is 7. The SMILES string of the molecule is CN=C(NCCc1ccc(OC)cc1)NCC(C)N1CCCC(C)C1. The van der Waals surface area contributed by atoms with Crippen LogP contribution in [0.3, 0.4) is 0 Å². The molecule has 0 bridgehead atoms. The van der Waals surface area contributed by atoms with Crippen LogP contribution in [0, 0.1) is 5.92 Å². The third-order valence-electron chi connectivity index (χ3n) is 4.97. The summed E-state index contributed by atoms with van der Waals surface area (Å²) >= 11 is 0. The van der Waals surface area contributed by atoms with E-state index in [4.69, 9.17) is 4.74 Å². The summed E-state index contributed by atoms with van der Waals surface area (Å²) in [6.07, 6.45) is 3.65. The summed E-state index contributed by atoms with van der Waals surface area (Å²) in [5, 5.41) is 6.87. The molecule has 2 rings (SSSR count). The van der Waals surface area contributed by atoms with Crippen molar-refractivity contribution in [3.05, 3.63) is 29.8 Å². The normalized spacial score (nSPS) is 20.2. The molecule has 1 aliphatic heterocycles. The molecule has 0 radical (unpaired) electrons. The number of guanidine groups is 1. The molecule has 1 aromatic rings. The molecule has 2 unspecified atom stereocenters. The van der Waals surface area contributed by atoms with Gasteiger partial charge in [0.2, 0.25) is 0 Å². The van der Waals surface area contributed by atoms with Crippen LogP contribution >= 0.6 is 0 Å². The zero-order valence-corrected chi connectivity index (χ0v) is 16.2. The molecule has 0 aromatic heterocycles. The third-order valence-corrected chi connectivity index (χ3v) is 4.97. The van der Waals surface area contributed by atoms with Crippen molar-refractivity contribution in [1.82, 2.24) is 15.5 Å². The summed E-state index contributed by atoms with van der Waals surface area (Å²) in [4.78, 5) is 6.92. The molecule has 140 valence electrons. The predicted molar refractivity (Wildman–Crippen MR) is 105 cm³/mol. The van der Waals surface area contributed by atoms with Gasteiger partial charge in [-0.05, 0) is 56.3 Å². The van der Waals surface area contributed by atoms with Crippen molar-refractivity contribution in [2.24, 2.45) is 10.9 Å². The standard InChI is InChI=1S/C20H34N4O/c1-16-6-5-13-24(15-16)17(2)14-23-20(21-3)22-12-11-18-7-9-19(25-4)10-8-18/h7-10,16-17H,5-6,11-15H2,1-4H3,(H2,21,22,23). The van der Waals surface area contributed by atoms with Gasteiger partial charge in [0.1, 0.15) is 5.75 Å².